The minimum atomic E-state index is -0.831. The number of hydrogen-bond donors (Lipinski definition) is 2. The first-order valence-corrected chi connectivity index (χ1v) is 11.3. The summed E-state index contributed by atoms with van der Waals surface area (Å²) in [6, 6.07) is 4.10. The van der Waals surface area contributed by atoms with Gasteiger partial charge in [0.05, 0.1) is 25.0 Å². The van der Waals surface area contributed by atoms with E-state index in [9.17, 15) is 14.4 Å². The maximum absolute atomic E-state index is 13.1. The monoisotopic (exact) mass is 457 g/mol. The number of rotatable bonds is 9. The second-order valence-electron chi connectivity index (χ2n) is 8.90. The molecule has 2 aromatic rings. The topological polar surface area (TPSA) is 110 Å². The lowest BCUT2D eigenvalue weighted by Gasteiger charge is -2.29. The number of amides is 1. The molecule has 2 N–H and O–H groups in total. The smallest absolute Gasteiger partial charge is 0.328 e. The molecule has 1 aromatic carbocycles. The number of hydrogen-bond acceptors (Lipinski definition) is 6. The van der Waals surface area contributed by atoms with Gasteiger partial charge in [0.1, 0.15) is 17.6 Å². The quantitative estimate of drug-likeness (QED) is 0.556. The van der Waals surface area contributed by atoms with Crippen LogP contribution in [0, 0.1) is 5.41 Å². The first-order chi connectivity index (χ1) is 15.6. The van der Waals surface area contributed by atoms with Gasteiger partial charge in [-0.25, -0.2) is 9.78 Å². The van der Waals surface area contributed by atoms with Gasteiger partial charge in [0.2, 0.25) is 0 Å². The van der Waals surface area contributed by atoms with Crippen LogP contribution in [0.5, 0.6) is 5.75 Å². The van der Waals surface area contributed by atoms with E-state index >= 15 is 0 Å². The summed E-state index contributed by atoms with van der Waals surface area (Å²) in [7, 11) is 1.29. The second kappa shape index (κ2) is 11.1. The maximum atomic E-state index is 13.1. The second-order valence-corrected chi connectivity index (χ2v) is 8.90. The molecule has 1 amide bonds. The molecule has 0 spiro atoms. The Morgan fingerprint density at radius 1 is 1.15 bits per heavy atom. The molecule has 33 heavy (non-hydrogen) atoms. The summed E-state index contributed by atoms with van der Waals surface area (Å²) in [6.45, 7) is 11.9. The molecular weight excluding hydrogens is 422 g/mol. The Balaban J connectivity index is 2.56. The number of nitrogens with zero attached hydrogens (tertiary/aromatic N) is 1. The molecule has 1 unspecified atom stereocenters. The molecule has 180 valence electrons. The average Bonchev–Trinajstić information content (AvgIpc) is 2.78. The number of ether oxygens (including phenoxy) is 2. The van der Waals surface area contributed by atoms with Gasteiger partial charge in [0, 0.05) is 11.1 Å². The largest absolute Gasteiger partial charge is 0.493 e. The lowest BCUT2D eigenvalue weighted by Crippen LogP contribution is -2.49. The lowest BCUT2D eigenvalue weighted by atomic mass is 9.86. The Morgan fingerprint density at radius 3 is 2.39 bits per heavy atom. The highest BCUT2D eigenvalue weighted by atomic mass is 16.5. The standard InChI is InChI=1S/C25H35N3O5/c1-8-13-33-19-12-11-15(22(29)27-20(24(31)32-7)25(4,5)6)14-17(19)21-26-18(10-3)16(9-2)23(30)28-21/h11-12,14,20H,8-10,13H2,1-7H3,(H,27,29)(H,26,28,30). The Hall–Kier alpha value is -3.16. The Kier molecular flexibility index (Phi) is 8.79. The molecule has 1 heterocycles. The molecule has 0 bridgehead atoms. The third-order valence-corrected chi connectivity index (χ3v) is 5.33. The van der Waals surface area contributed by atoms with Crippen LogP contribution in [0.3, 0.4) is 0 Å². The van der Waals surface area contributed by atoms with Gasteiger partial charge in [-0.1, -0.05) is 41.5 Å². The van der Waals surface area contributed by atoms with Crippen molar-refractivity contribution in [2.75, 3.05) is 13.7 Å². The van der Waals surface area contributed by atoms with Gasteiger partial charge in [-0.15, -0.1) is 0 Å². The van der Waals surface area contributed by atoms with Gasteiger partial charge in [0.15, 0.2) is 0 Å². The highest BCUT2D eigenvalue weighted by molar-refractivity contribution is 5.98. The zero-order chi connectivity index (χ0) is 24.8. The highest BCUT2D eigenvalue weighted by Gasteiger charge is 2.34. The average molecular weight is 458 g/mol. The normalized spacial score (nSPS) is 12.2. The van der Waals surface area contributed by atoms with Gasteiger partial charge in [-0.3, -0.25) is 9.59 Å². The Morgan fingerprint density at radius 2 is 1.85 bits per heavy atom. The number of carbonyl (C=O) groups is 2. The third kappa shape index (κ3) is 6.21. The van der Waals surface area contributed by atoms with Crippen LogP contribution in [-0.4, -0.2) is 41.6 Å². The molecule has 0 radical (unpaired) electrons. The van der Waals surface area contributed by atoms with E-state index in [1.54, 1.807) is 18.2 Å². The highest BCUT2D eigenvalue weighted by Crippen LogP contribution is 2.30. The molecule has 0 aliphatic rings. The number of nitrogens with one attached hydrogen (secondary N) is 2. The number of benzene rings is 1. The van der Waals surface area contributed by atoms with E-state index in [0.29, 0.717) is 53.4 Å². The van der Waals surface area contributed by atoms with Crippen molar-refractivity contribution in [2.45, 2.75) is 66.8 Å². The van der Waals surface area contributed by atoms with Gasteiger partial charge in [-0.2, -0.15) is 0 Å². The van der Waals surface area contributed by atoms with Crippen LogP contribution in [0.25, 0.3) is 11.4 Å². The van der Waals surface area contributed by atoms with Crippen molar-refractivity contribution in [3.63, 3.8) is 0 Å². The van der Waals surface area contributed by atoms with Crippen molar-refractivity contribution in [1.29, 1.82) is 0 Å². The van der Waals surface area contributed by atoms with Gasteiger partial charge in [-0.05, 0) is 42.9 Å². The van der Waals surface area contributed by atoms with Crippen molar-refractivity contribution < 1.29 is 19.1 Å². The minimum absolute atomic E-state index is 0.200. The van der Waals surface area contributed by atoms with Crippen LogP contribution in [-0.2, 0) is 22.4 Å². The van der Waals surface area contributed by atoms with Gasteiger partial charge in [0.25, 0.3) is 11.5 Å². The number of carbonyl (C=O) groups excluding carboxylic acids is 2. The van der Waals surface area contributed by atoms with Crippen molar-refractivity contribution in [3.05, 3.63) is 45.4 Å². The molecule has 1 atom stereocenters. The lowest BCUT2D eigenvalue weighted by molar-refractivity contribution is -0.145. The Labute approximate surface area is 195 Å². The van der Waals surface area contributed by atoms with E-state index < -0.39 is 23.3 Å². The van der Waals surface area contributed by atoms with E-state index in [-0.39, 0.29) is 5.56 Å². The van der Waals surface area contributed by atoms with Crippen LogP contribution in [0.15, 0.2) is 23.0 Å². The minimum Gasteiger partial charge on any atom is -0.493 e. The van der Waals surface area contributed by atoms with Crippen molar-refractivity contribution in [1.82, 2.24) is 15.3 Å². The van der Waals surface area contributed by atoms with Gasteiger partial charge < -0.3 is 19.8 Å². The third-order valence-electron chi connectivity index (χ3n) is 5.33. The summed E-state index contributed by atoms with van der Waals surface area (Å²) in [5.74, 6) is -0.0992. The molecular formula is C25H35N3O5. The van der Waals surface area contributed by atoms with Crippen LogP contribution >= 0.6 is 0 Å². The summed E-state index contributed by atoms with van der Waals surface area (Å²) < 4.78 is 10.7. The number of methoxy groups -OCH3 is 1. The van der Waals surface area contributed by atoms with E-state index in [1.165, 1.54) is 7.11 Å². The number of esters is 1. The molecule has 0 aliphatic carbocycles. The fourth-order valence-electron chi connectivity index (χ4n) is 3.48. The molecule has 8 heteroatoms. The first-order valence-electron chi connectivity index (χ1n) is 11.3. The van der Waals surface area contributed by atoms with E-state index in [4.69, 9.17) is 9.47 Å². The van der Waals surface area contributed by atoms with Crippen molar-refractivity contribution in [2.24, 2.45) is 5.41 Å². The molecule has 1 aromatic heterocycles. The molecule has 0 saturated heterocycles. The molecule has 2 rings (SSSR count). The van der Waals surface area contributed by atoms with Crippen LogP contribution in [0.4, 0.5) is 0 Å². The maximum Gasteiger partial charge on any atom is 0.328 e. The van der Waals surface area contributed by atoms with Crippen LogP contribution in [0.2, 0.25) is 0 Å². The van der Waals surface area contributed by atoms with Crippen molar-refractivity contribution >= 4 is 11.9 Å². The zero-order valence-electron chi connectivity index (χ0n) is 20.6. The number of aromatic nitrogens is 2. The SMILES string of the molecule is CCCOc1ccc(C(=O)NC(C(=O)OC)C(C)(C)C)cc1-c1nc(CC)c(CC)c(=O)[nH]1. The van der Waals surface area contributed by atoms with E-state index in [0.717, 1.165) is 6.42 Å². The fourth-order valence-corrected chi connectivity index (χ4v) is 3.48. The molecule has 0 aliphatic heterocycles. The predicted molar refractivity (Wildman–Crippen MR) is 128 cm³/mol. The summed E-state index contributed by atoms with van der Waals surface area (Å²) in [5, 5.41) is 2.77. The summed E-state index contributed by atoms with van der Waals surface area (Å²) in [6.07, 6.45) is 1.99. The van der Waals surface area contributed by atoms with Crippen molar-refractivity contribution in [3.8, 4) is 17.1 Å². The van der Waals surface area contributed by atoms with E-state index in [1.807, 2.05) is 41.5 Å². The predicted octanol–water partition coefficient (Wildman–Crippen LogP) is 3.67. The summed E-state index contributed by atoms with van der Waals surface area (Å²) in [5.41, 5.74) is 1.44. The number of H-pyrrole nitrogens is 1. The van der Waals surface area contributed by atoms with Gasteiger partial charge >= 0.3 is 5.97 Å². The Bertz CT molecular complexity index is 1050. The fraction of sp³-hybridized carbons (Fsp3) is 0.520. The van der Waals surface area contributed by atoms with Crippen LogP contribution in [0.1, 0.15) is 69.6 Å². The number of aryl methyl sites for hydroxylation is 1. The van der Waals surface area contributed by atoms with Crippen LogP contribution < -0.4 is 15.6 Å². The molecule has 0 fully saturated rings. The number of aromatic amines is 1. The molecule has 8 nitrogen and oxygen atoms in total. The first kappa shape index (κ1) is 26.1. The van der Waals surface area contributed by atoms with E-state index in [2.05, 4.69) is 15.3 Å². The zero-order valence-corrected chi connectivity index (χ0v) is 20.6. The summed E-state index contributed by atoms with van der Waals surface area (Å²) >= 11 is 0. The molecule has 0 saturated carbocycles. The summed E-state index contributed by atoms with van der Waals surface area (Å²) in [4.78, 5) is 45.5.